The predicted octanol–water partition coefficient (Wildman–Crippen LogP) is 4.52. The molecule has 1 aromatic heterocycles. The van der Waals surface area contributed by atoms with Crippen molar-refractivity contribution < 1.29 is 8.81 Å². The fourth-order valence-electron chi connectivity index (χ4n) is 1.74. The molecule has 0 aliphatic rings. The number of nitrogens with two attached hydrogens (primary N) is 1. The van der Waals surface area contributed by atoms with Crippen LogP contribution in [0.4, 0.5) is 10.1 Å². The first-order valence-corrected chi connectivity index (χ1v) is 6.11. The maximum Gasteiger partial charge on any atom is 0.228 e. The fourth-order valence-corrected chi connectivity index (χ4v) is 2.15. The smallest absolute Gasteiger partial charge is 0.228 e. The minimum absolute atomic E-state index is 0.227. The predicted molar refractivity (Wildman–Crippen MR) is 73.8 cm³/mol. The number of nitrogens with zero attached hydrogens (tertiary/aromatic N) is 1. The summed E-state index contributed by atoms with van der Waals surface area (Å²) in [5, 5.41) is 0.628. The molecule has 0 unspecified atom stereocenters. The van der Waals surface area contributed by atoms with Gasteiger partial charge < -0.3 is 10.2 Å². The molecule has 0 fully saturated rings. The van der Waals surface area contributed by atoms with Gasteiger partial charge in [0.1, 0.15) is 11.3 Å². The van der Waals surface area contributed by atoms with Gasteiger partial charge in [-0.1, -0.05) is 23.2 Å². The summed E-state index contributed by atoms with van der Waals surface area (Å²) in [4.78, 5) is 4.26. The lowest BCUT2D eigenvalue weighted by atomic mass is 10.2. The van der Waals surface area contributed by atoms with E-state index in [4.69, 9.17) is 33.4 Å². The Bertz CT molecular complexity index is 747. The Hall–Kier alpha value is -1.78. The van der Waals surface area contributed by atoms with Gasteiger partial charge in [-0.25, -0.2) is 9.37 Å². The van der Waals surface area contributed by atoms with Crippen molar-refractivity contribution in [3.8, 4) is 11.5 Å². The summed E-state index contributed by atoms with van der Waals surface area (Å²) in [5.74, 6) is -0.126. The summed E-state index contributed by atoms with van der Waals surface area (Å²) in [6.07, 6.45) is 0. The van der Waals surface area contributed by atoms with Gasteiger partial charge in [-0.3, -0.25) is 0 Å². The van der Waals surface area contributed by atoms with Crippen LogP contribution in [-0.2, 0) is 0 Å². The minimum Gasteiger partial charge on any atom is -0.436 e. The van der Waals surface area contributed by atoms with Crippen LogP contribution in [-0.4, -0.2) is 4.98 Å². The Labute approximate surface area is 117 Å². The van der Waals surface area contributed by atoms with Crippen molar-refractivity contribution in [1.82, 2.24) is 4.98 Å². The van der Waals surface area contributed by atoms with Crippen molar-refractivity contribution in [3.05, 3.63) is 46.2 Å². The lowest BCUT2D eigenvalue weighted by Gasteiger charge is -1.98. The number of hydrogen-bond donors (Lipinski definition) is 1. The van der Waals surface area contributed by atoms with E-state index in [1.807, 2.05) is 0 Å². The molecular formula is C13H7Cl2FN2O. The summed E-state index contributed by atoms with van der Waals surface area (Å²) in [6.45, 7) is 0. The second-order valence-corrected chi connectivity index (χ2v) is 4.80. The first kappa shape index (κ1) is 12.3. The molecule has 2 aromatic carbocycles. The molecule has 0 aliphatic heterocycles. The molecule has 0 atom stereocenters. The summed E-state index contributed by atoms with van der Waals surface area (Å²) >= 11 is 11.9. The molecule has 3 nitrogen and oxygen atoms in total. The van der Waals surface area contributed by atoms with Crippen LogP contribution in [0, 0.1) is 5.82 Å². The summed E-state index contributed by atoms with van der Waals surface area (Å²) in [5.41, 5.74) is 7.66. The van der Waals surface area contributed by atoms with E-state index >= 15 is 0 Å². The number of nitrogen functional groups attached to an aromatic ring is 1. The SMILES string of the molecule is Nc1cc2oc(-c3ccc(F)cc3Cl)nc2cc1Cl. The van der Waals surface area contributed by atoms with Gasteiger partial charge in [-0.2, -0.15) is 0 Å². The maximum absolute atomic E-state index is 13.0. The normalized spacial score (nSPS) is 11.1. The molecule has 0 amide bonds. The van der Waals surface area contributed by atoms with E-state index < -0.39 is 5.82 Å². The average molecular weight is 297 g/mol. The zero-order valence-electron chi connectivity index (χ0n) is 9.45. The third kappa shape index (κ3) is 2.13. The van der Waals surface area contributed by atoms with E-state index in [0.717, 1.165) is 0 Å². The maximum atomic E-state index is 13.0. The lowest BCUT2D eigenvalue weighted by molar-refractivity contribution is 0.616. The molecule has 96 valence electrons. The third-order valence-corrected chi connectivity index (χ3v) is 3.31. The first-order chi connectivity index (χ1) is 9.04. The van der Waals surface area contributed by atoms with Crippen LogP contribution in [0.25, 0.3) is 22.6 Å². The summed E-state index contributed by atoms with van der Waals surface area (Å²) < 4.78 is 18.6. The largest absolute Gasteiger partial charge is 0.436 e. The molecule has 3 rings (SSSR count). The van der Waals surface area contributed by atoms with Crippen LogP contribution >= 0.6 is 23.2 Å². The molecular weight excluding hydrogens is 290 g/mol. The molecule has 0 saturated heterocycles. The number of anilines is 1. The highest BCUT2D eigenvalue weighted by Gasteiger charge is 2.13. The van der Waals surface area contributed by atoms with Gasteiger partial charge in [0, 0.05) is 6.07 Å². The highest BCUT2D eigenvalue weighted by Crippen LogP contribution is 2.33. The van der Waals surface area contributed by atoms with Crippen LogP contribution in [0.15, 0.2) is 34.7 Å². The fraction of sp³-hybridized carbons (Fsp3) is 0. The number of hydrogen-bond acceptors (Lipinski definition) is 3. The van der Waals surface area contributed by atoms with Crippen LogP contribution in [0.5, 0.6) is 0 Å². The van der Waals surface area contributed by atoms with Crippen molar-refractivity contribution >= 4 is 40.0 Å². The third-order valence-electron chi connectivity index (χ3n) is 2.67. The minimum atomic E-state index is -0.419. The zero-order chi connectivity index (χ0) is 13.6. The highest BCUT2D eigenvalue weighted by atomic mass is 35.5. The van der Waals surface area contributed by atoms with Crippen LogP contribution < -0.4 is 5.73 Å². The quantitative estimate of drug-likeness (QED) is 0.672. The molecule has 0 aliphatic carbocycles. The van der Waals surface area contributed by atoms with Crippen molar-refractivity contribution in [2.75, 3.05) is 5.73 Å². The molecule has 0 radical (unpaired) electrons. The van der Waals surface area contributed by atoms with Gasteiger partial charge in [0.15, 0.2) is 5.58 Å². The Balaban J connectivity index is 2.20. The van der Waals surface area contributed by atoms with E-state index in [-0.39, 0.29) is 5.02 Å². The van der Waals surface area contributed by atoms with Crippen molar-refractivity contribution in [1.29, 1.82) is 0 Å². The van der Waals surface area contributed by atoms with Crippen molar-refractivity contribution in [2.45, 2.75) is 0 Å². The summed E-state index contributed by atoms with van der Waals surface area (Å²) in [7, 11) is 0. The average Bonchev–Trinajstić information content (AvgIpc) is 2.72. The van der Waals surface area contributed by atoms with Gasteiger partial charge >= 0.3 is 0 Å². The number of fused-ring (bicyclic) bond motifs is 1. The topological polar surface area (TPSA) is 52.0 Å². The first-order valence-electron chi connectivity index (χ1n) is 5.35. The molecule has 0 spiro atoms. The van der Waals surface area contributed by atoms with Crippen molar-refractivity contribution in [2.24, 2.45) is 0 Å². The van der Waals surface area contributed by atoms with E-state index in [2.05, 4.69) is 4.98 Å². The van der Waals surface area contributed by atoms with E-state index in [1.165, 1.54) is 18.2 Å². The van der Waals surface area contributed by atoms with E-state index in [1.54, 1.807) is 12.1 Å². The second kappa shape index (κ2) is 4.40. The lowest BCUT2D eigenvalue weighted by Crippen LogP contribution is -1.84. The van der Waals surface area contributed by atoms with Gasteiger partial charge in [0.25, 0.3) is 0 Å². The van der Waals surface area contributed by atoms with E-state index in [0.29, 0.717) is 33.3 Å². The van der Waals surface area contributed by atoms with Crippen LogP contribution in [0.3, 0.4) is 0 Å². The molecule has 0 bridgehead atoms. The van der Waals surface area contributed by atoms with Crippen molar-refractivity contribution in [3.63, 3.8) is 0 Å². The van der Waals surface area contributed by atoms with Gasteiger partial charge in [-0.15, -0.1) is 0 Å². The Morgan fingerprint density at radius 1 is 1.11 bits per heavy atom. The van der Waals surface area contributed by atoms with Crippen LogP contribution in [0.1, 0.15) is 0 Å². The Morgan fingerprint density at radius 3 is 2.63 bits per heavy atom. The zero-order valence-corrected chi connectivity index (χ0v) is 11.0. The number of aromatic nitrogens is 1. The van der Waals surface area contributed by atoms with Gasteiger partial charge in [0.05, 0.1) is 21.3 Å². The van der Waals surface area contributed by atoms with Gasteiger partial charge in [-0.05, 0) is 24.3 Å². The molecule has 19 heavy (non-hydrogen) atoms. The monoisotopic (exact) mass is 296 g/mol. The van der Waals surface area contributed by atoms with E-state index in [9.17, 15) is 4.39 Å². The molecule has 2 N–H and O–H groups in total. The summed E-state index contributed by atoms with van der Waals surface area (Å²) in [6, 6.07) is 7.19. The highest BCUT2D eigenvalue weighted by molar-refractivity contribution is 6.34. The standard InChI is InChI=1S/C13H7Cl2FN2O/c14-8-3-6(16)1-2-7(8)13-18-11-4-9(15)10(17)5-12(11)19-13/h1-5H,17H2. The number of halogens is 3. The molecule has 0 saturated carbocycles. The second-order valence-electron chi connectivity index (χ2n) is 3.98. The number of oxazole rings is 1. The molecule has 1 heterocycles. The van der Waals surface area contributed by atoms with Crippen LogP contribution in [0.2, 0.25) is 10.0 Å². The molecule has 6 heteroatoms. The van der Waals surface area contributed by atoms with Gasteiger partial charge in [0.2, 0.25) is 5.89 Å². The molecule has 3 aromatic rings. The Kier molecular flexibility index (Phi) is 2.84. The Morgan fingerprint density at radius 2 is 1.89 bits per heavy atom. The number of rotatable bonds is 1. The number of benzene rings is 2.